The highest BCUT2D eigenvalue weighted by molar-refractivity contribution is 6.30. The largest absolute Gasteiger partial charge is 0.492 e. The van der Waals surface area contributed by atoms with Crippen LogP contribution in [0.25, 0.3) is 0 Å². The van der Waals surface area contributed by atoms with Crippen LogP contribution in [0.2, 0.25) is 5.02 Å². The van der Waals surface area contributed by atoms with Gasteiger partial charge in [-0.05, 0) is 106 Å². The summed E-state index contributed by atoms with van der Waals surface area (Å²) in [6.45, 7) is 12.8. The molecule has 2 atom stereocenters. The van der Waals surface area contributed by atoms with Gasteiger partial charge in [0.15, 0.2) is 11.5 Å². The van der Waals surface area contributed by atoms with Crippen LogP contribution in [-0.4, -0.2) is 93.3 Å². The van der Waals surface area contributed by atoms with Gasteiger partial charge in [-0.3, -0.25) is 9.59 Å². The van der Waals surface area contributed by atoms with Crippen LogP contribution in [0.3, 0.4) is 0 Å². The normalized spacial score (nSPS) is 19.2. The highest BCUT2D eigenvalue weighted by Gasteiger charge is 2.41. The Labute approximate surface area is 357 Å². The molecule has 3 aromatic carbocycles. The van der Waals surface area contributed by atoms with Crippen molar-refractivity contribution < 1.29 is 23.8 Å². The van der Waals surface area contributed by atoms with Gasteiger partial charge in [0.25, 0.3) is 5.91 Å². The topological polar surface area (TPSA) is 83.6 Å². The van der Waals surface area contributed by atoms with Crippen LogP contribution >= 0.6 is 36.4 Å². The lowest BCUT2D eigenvalue weighted by atomic mass is 9.94. The van der Waals surface area contributed by atoms with Gasteiger partial charge in [0, 0.05) is 47.5 Å². The van der Waals surface area contributed by atoms with E-state index in [1.54, 1.807) is 12.0 Å². The molecule has 6 rings (SSSR count). The molecule has 0 spiro atoms. The number of fused-ring (bicyclic) bond motifs is 1. The van der Waals surface area contributed by atoms with Crippen molar-refractivity contribution in [1.29, 1.82) is 0 Å². The van der Waals surface area contributed by atoms with Gasteiger partial charge in [0.1, 0.15) is 12.2 Å². The Morgan fingerprint density at radius 2 is 1.61 bits per heavy atom. The number of carbonyl (C=O) groups excluding carboxylic acids is 2. The number of aryl methyl sites for hydroxylation is 1. The Morgan fingerprint density at radius 1 is 0.895 bits per heavy atom. The van der Waals surface area contributed by atoms with E-state index in [-0.39, 0.29) is 48.5 Å². The first kappa shape index (κ1) is 46.6. The second-order valence-corrected chi connectivity index (χ2v) is 17.0. The van der Waals surface area contributed by atoms with Gasteiger partial charge in [-0.25, -0.2) is 0 Å². The minimum Gasteiger partial charge on any atom is -0.492 e. The van der Waals surface area contributed by atoms with Crippen molar-refractivity contribution in [2.45, 2.75) is 96.8 Å². The number of rotatable bonds is 15. The zero-order valence-corrected chi connectivity index (χ0v) is 36.6. The average molecular weight is 846 g/mol. The van der Waals surface area contributed by atoms with Gasteiger partial charge in [0.05, 0.1) is 20.1 Å². The molecule has 3 aromatic rings. The number of para-hydroxylation sites is 1. The maximum Gasteiger partial charge on any atom is 0.256 e. The zero-order chi connectivity index (χ0) is 38.8. The van der Waals surface area contributed by atoms with E-state index in [0.717, 1.165) is 69.5 Å². The molecular formula is C45H63Cl3N4O5. The van der Waals surface area contributed by atoms with Crippen LogP contribution in [-0.2, 0) is 20.7 Å². The number of likely N-dealkylation sites (tertiary alicyclic amines) is 2. The standard InChI is InChI=1S/C45H61ClN4O5.2ClH/c1-45(2,3)32-50-38-20-19-34(46)30-37(38)42(55-40(44(50)52)31-41(51)49-27-21-35(22-28-49)48-25-9-6-10-26-48)36-17-11-18-39(43(36)53-4)54-29-13-24-47-23-12-16-33-14-7-5-8-15-33;;/h5,7-8,11,14-15,17-20,30,35,40,42,47H,6,9-10,12-13,16,21-29,31-32H2,1-4H3;2*1H/t40-,42-;;/m0../s1. The molecule has 12 heteroatoms. The number of ether oxygens (including phenoxy) is 3. The van der Waals surface area contributed by atoms with Crippen LogP contribution in [0.5, 0.6) is 11.5 Å². The molecule has 2 fully saturated rings. The number of piperidine rings is 2. The van der Waals surface area contributed by atoms with Crippen molar-refractivity contribution >= 4 is 53.9 Å². The van der Waals surface area contributed by atoms with Crippen LogP contribution in [0.1, 0.15) is 94.9 Å². The van der Waals surface area contributed by atoms with E-state index >= 15 is 0 Å². The first-order valence-electron chi connectivity index (χ1n) is 20.4. The molecule has 0 aromatic heterocycles. The zero-order valence-electron chi connectivity index (χ0n) is 34.2. The van der Waals surface area contributed by atoms with E-state index in [0.29, 0.717) is 54.4 Å². The Morgan fingerprint density at radius 3 is 2.32 bits per heavy atom. The lowest BCUT2D eigenvalue weighted by Gasteiger charge is -2.40. The molecule has 2 saturated heterocycles. The molecule has 3 aliphatic heterocycles. The SMILES string of the molecule is COc1c(OCCCNCCCc2ccccc2)cccc1[C@@H]1O[C@@H](CC(=O)N2CCC(N3CCCCC3)CC2)C(=O)N(CC(C)(C)C)c2ccc(Cl)cc21.Cl.Cl. The third-order valence-electron chi connectivity index (χ3n) is 11.0. The van der Waals surface area contributed by atoms with Crippen LogP contribution in [0, 0.1) is 5.41 Å². The van der Waals surface area contributed by atoms with Crippen molar-refractivity contribution in [2.24, 2.45) is 5.41 Å². The summed E-state index contributed by atoms with van der Waals surface area (Å²) in [4.78, 5) is 35.0. The Bertz CT molecular complexity index is 1710. The summed E-state index contributed by atoms with van der Waals surface area (Å²) in [6, 6.07) is 22.4. The molecule has 9 nitrogen and oxygen atoms in total. The number of nitrogens with one attached hydrogen (secondary N) is 1. The number of anilines is 1. The molecule has 0 unspecified atom stereocenters. The van der Waals surface area contributed by atoms with Gasteiger partial charge >= 0.3 is 0 Å². The highest BCUT2D eigenvalue weighted by Crippen LogP contribution is 2.46. The lowest BCUT2D eigenvalue weighted by molar-refractivity contribution is -0.144. The molecule has 3 heterocycles. The summed E-state index contributed by atoms with van der Waals surface area (Å²) in [5.74, 6) is 0.866. The van der Waals surface area contributed by atoms with Crippen molar-refractivity contribution in [1.82, 2.24) is 15.1 Å². The lowest BCUT2D eigenvalue weighted by Crippen LogP contribution is -2.50. The number of halogens is 3. The van der Waals surface area contributed by atoms with E-state index in [4.69, 9.17) is 25.8 Å². The quantitative estimate of drug-likeness (QED) is 0.153. The molecule has 3 aliphatic rings. The van der Waals surface area contributed by atoms with Crippen LogP contribution in [0.15, 0.2) is 66.7 Å². The summed E-state index contributed by atoms with van der Waals surface area (Å²) >= 11 is 6.67. The molecule has 57 heavy (non-hydrogen) atoms. The second-order valence-electron chi connectivity index (χ2n) is 16.5. The number of carbonyl (C=O) groups is 2. The number of hydrogen-bond donors (Lipinski definition) is 1. The summed E-state index contributed by atoms with van der Waals surface area (Å²) in [5.41, 5.74) is 3.32. The van der Waals surface area contributed by atoms with E-state index in [2.05, 4.69) is 55.3 Å². The Kier molecular flexibility index (Phi) is 18.3. The molecule has 0 saturated carbocycles. The summed E-state index contributed by atoms with van der Waals surface area (Å²) < 4.78 is 19.2. The monoisotopic (exact) mass is 844 g/mol. The molecule has 0 radical (unpaired) electrons. The fourth-order valence-corrected chi connectivity index (χ4v) is 8.45. The number of nitrogens with zero attached hydrogens (tertiary/aromatic N) is 3. The maximum absolute atomic E-state index is 14.6. The predicted octanol–water partition coefficient (Wildman–Crippen LogP) is 8.92. The van der Waals surface area contributed by atoms with Crippen molar-refractivity contribution in [3.8, 4) is 11.5 Å². The average Bonchev–Trinajstić information content (AvgIpc) is 3.29. The number of benzene rings is 3. The minimum absolute atomic E-state index is 0. The number of amides is 2. The molecule has 0 aliphatic carbocycles. The molecular weight excluding hydrogens is 783 g/mol. The fourth-order valence-electron chi connectivity index (χ4n) is 8.27. The van der Waals surface area contributed by atoms with E-state index in [9.17, 15) is 9.59 Å². The fraction of sp³-hybridized carbons (Fsp3) is 0.556. The minimum atomic E-state index is -1.01. The van der Waals surface area contributed by atoms with Crippen molar-refractivity contribution in [3.63, 3.8) is 0 Å². The van der Waals surface area contributed by atoms with Crippen molar-refractivity contribution in [2.75, 3.05) is 64.4 Å². The summed E-state index contributed by atoms with van der Waals surface area (Å²) in [7, 11) is 1.63. The highest BCUT2D eigenvalue weighted by atomic mass is 35.5. The predicted molar refractivity (Wildman–Crippen MR) is 235 cm³/mol. The Hall–Kier alpha value is -3.05. The first-order chi connectivity index (χ1) is 26.6. The molecule has 314 valence electrons. The van der Waals surface area contributed by atoms with Crippen molar-refractivity contribution in [3.05, 3.63) is 88.4 Å². The van der Waals surface area contributed by atoms with Crippen LogP contribution < -0.4 is 19.7 Å². The first-order valence-corrected chi connectivity index (χ1v) is 20.8. The smallest absolute Gasteiger partial charge is 0.256 e. The third kappa shape index (κ3) is 12.7. The van der Waals surface area contributed by atoms with E-state index in [1.807, 2.05) is 47.4 Å². The van der Waals surface area contributed by atoms with E-state index in [1.165, 1.54) is 24.8 Å². The third-order valence-corrected chi connectivity index (χ3v) is 11.3. The van der Waals surface area contributed by atoms with E-state index < -0.39 is 12.2 Å². The van der Waals surface area contributed by atoms with Gasteiger partial charge in [-0.2, -0.15) is 0 Å². The van der Waals surface area contributed by atoms with Gasteiger partial charge in [-0.1, -0.05) is 81.3 Å². The van der Waals surface area contributed by atoms with Gasteiger partial charge in [-0.15, -0.1) is 24.8 Å². The Balaban J connectivity index is 0.00000360. The second kappa shape index (κ2) is 22.4. The van der Waals surface area contributed by atoms with Gasteiger partial charge < -0.3 is 34.2 Å². The molecule has 1 N–H and O–H groups in total. The number of hydrogen-bond acceptors (Lipinski definition) is 7. The molecule has 2 amide bonds. The summed E-state index contributed by atoms with van der Waals surface area (Å²) in [5, 5.41) is 4.06. The summed E-state index contributed by atoms with van der Waals surface area (Å²) in [6.07, 6.45) is 6.92. The maximum atomic E-state index is 14.6. The molecule has 0 bridgehead atoms. The van der Waals surface area contributed by atoms with Crippen LogP contribution in [0.4, 0.5) is 5.69 Å². The number of methoxy groups -OCH3 is 1. The van der Waals surface area contributed by atoms with Gasteiger partial charge in [0.2, 0.25) is 5.91 Å².